The molecule has 4 fully saturated rings. The molecule has 3 saturated heterocycles. The fourth-order valence-electron chi connectivity index (χ4n) is 3.57. The van der Waals surface area contributed by atoms with Crippen LogP contribution in [0.3, 0.4) is 0 Å². The van der Waals surface area contributed by atoms with Gasteiger partial charge in [0.25, 0.3) is 0 Å². The molecule has 18 heavy (non-hydrogen) atoms. The van der Waals surface area contributed by atoms with E-state index in [1.165, 1.54) is 19.3 Å². The quantitative estimate of drug-likeness (QED) is 0.677. The molecule has 3 amide bonds. The number of carbonyl (C=O) groups is 2. The van der Waals surface area contributed by atoms with Gasteiger partial charge in [0.1, 0.15) is 12.1 Å². The van der Waals surface area contributed by atoms with Crippen molar-refractivity contribution in [1.29, 1.82) is 0 Å². The number of rotatable bonds is 0. The minimum atomic E-state index is -0.362. The van der Waals surface area contributed by atoms with Crippen molar-refractivity contribution in [1.82, 2.24) is 15.1 Å². The van der Waals surface area contributed by atoms with Crippen LogP contribution >= 0.6 is 0 Å². The Morgan fingerprint density at radius 3 is 2.33 bits per heavy atom. The van der Waals surface area contributed by atoms with E-state index >= 15 is 0 Å². The molecule has 0 unspecified atom stereocenters. The van der Waals surface area contributed by atoms with Crippen LogP contribution in [0.15, 0.2) is 0 Å². The smallest absolute Gasteiger partial charge is 0.407 e. The van der Waals surface area contributed by atoms with Crippen LogP contribution in [0.1, 0.15) is 19.3 Å². The highest BCUT2D eigenvalue weighted by Crippen LogP contribution is 2.48. The number of carbonyl (C=O) groups excluding carboxylic acids is 2. The molecule has 1 saturated carbocycles. The van der Waals surface area contributed by atoms with Gasteiger partial charge < -0.3 is 19.9 Å². The second-order valence-corrected chi connectivity index (χ2v) is 6.33. The number of alkyl carbamates (subject to hydrolysis) is 1. The summed E-state index contributed by atoms with van der Waals surface area (Å²) in [4.78, 5) is 26.9. The van der Waals surface area contributed by atoms with Crippen LogP contribution in [0.25, 0.3) is 0 Å². The molecule has 0 radical (unpaired) electrons. The summed E-state index contributed by atoms with van der Waals surface area (Å²) < 4.78 is 4.90. The zero-order valence-corrected chi connectivity index (χ0v) is 10.3. The largest absolute Gasteiger partial charge is 0.447 e. The molecular weight excluding hydrogens is 234 g/mol. The average molecular weight is 251 g/mol. The summed E-state index contributed by atoms with van der Waals surface area (Å²) in [6.45, 7) is 3.41. The number of urea groups is 1. The van der Waals surface area contributed by atoms with Crippen LogP contribution in [-0.2, 0) is 4.74 Å². The Kier molecular flexibility index (Phi) is 1.80. The third-order valence-electron chi connectivity index (χ3n) is 4.84. The Labute approximate surface area is 105 Å². The highest BCUT2D eigenvalue weighted by molar-refractivity contribution is 5.78. The maximum Gasteiger partial charge on any atom is 0.407 e. The number of amides is 3. The Morgan fingerprint density at radius 1 is 1.17 bits per heavy atom. The minimum absolute atomic E-state index is 0.124. The highest BCUT2D eigenvalue weighted by Gasteiger charge is 2.55. The molecule has 0 aromatic carbocycles. The SMILES string of the molecule is O=C1NC2(CO1)CN(C(=O)N1CC3(CCC3)C1)C2. The van der Waals surface area contributed by atoms with Crippen LogP contribution in [0.5, 0.6) is 0 Å². The molecule has 0 aromatic rings. The molecule has 98 valence electrons. The number of hydrogen-bond donors (Lipinski definition) is 1. The second-order valence-electron chi connectivity index (χ2n) is 6.33. The fourth-order valence-corrected chi connectivity index (χ4v) is 3.57. The molecule has 1 N–H and O–H groups in total. The fraction of sp³-hybridized carbons (Fsp3) is 0.833. The van der Waals surface area contributed by atoms with E-state index in [4.69, 9.17) is 4.74 Å². The number of likely N-dealkylation sites (tertiary alicyclic amines) is 2. The molecule has 4 aliphatic rings. The zero-order chi connectivity index (χ0) is 12.4. The first-order chi connectivity index (χ1) is 8.60. The topological polar surface area (TPSA) is 61.9 Å². The van der Waals surface area contributed by atoms with E-state index in [1.807, 2.05) is 4.90 Å². The Morgan fingerprint density at radius 2 is 1.83 bits per heavy atom. The maximum atomic E-state index is 12.2. The predicted molar refractivity (Wildman–Crippen MR) is 62.0 cm³/mol. The van der Waals surface area contributed by atoms with Crippen molar-refractivity contribution in [3.63, 3.8) is 0 Å². The molecule has 4 rings (SSSR count). The number of nitrogens with zero attached hydrogens (tertiary/aromatic N) is 2. The van der Waals surface area contributed by atoms with Gasteiger partial charge in [-0.2, -0.15) is 0 Å². The number of nitrogens with one attached hydrogen (secondary N) is 1. The number of cyclic esters (lactones) is 1. The minimum Gasteiger partial charge on any atom is -0.447 e. The van der Waals surface area contributed by atoms with E-state index in [0.29, 0.717) is 25.1 Å². The monoisotopic (exact) mass is 251 g/mol. The highest BCUT2D eigenvalue weighted by atomic mass is 16.6. The second kappa shape index (κ2) is 3.10. The summed E-state index contributed by atoms with van der Waals surface area (Å²) in [5.74, 6) is 0. The summed E-state index contributed by atoms with van der Waals surface area (Å²) in [6.07, 6.45) is 3.52. The molecule has 6 heteroatoms. The van der Waals surface area contributed by atoms with Gasteiger partial charge in [0.15, 0.2) is 0 Å². The molecule has 6 nitrogen and oxygen atoms in total. The van der Waals surface area contributed by atoms with Crippen LogP contribution in [0, 0.1) is 5.41 Å². The summed E-state index contributed by atoms with van der Waals surface area (Å²) in [7, 11) is 0. The van der Waals surface area contributed by atoms with Gasteiger partial charge in [0.05, 0.1) is 13.1 Å². The van der Waals surface area contributed by atoms with Crippen molar-refractivity contribution in [2.24, 2.45) is 5.41 Å². The third kappa shape index (κ3) is 1.29. The van der Waals surface area contributed by atoms with Crippen molar-refractivity contribution in [3.8, 4) is 0 Å². The van der Waals surface area contributed by atoms with Gasteiger partial charge in [-0.1, -0.05) is 6.42 Å². The van der Waals surface area contributed by atoms with Crippen LogP contribution in [-0.4, -0.2) is 60.2 Å². The molecular formula is C12H17N3O3. The lowest BCUT2D eigenvalue weighted by molar-refractivity contribution is -0.0519. The van der Waals surface area contributed by atoms with Gasteiger partial charge in [0, 0.05) is 18.5 Å². The lowest BCUT2D eigenvalue weighted by atomic mass is 9.63. The number of hydrogen-bond acceptors (Lipinski definition) is 3. The van der Waals surface area contributed by atoms with E-state index in [1.54, 1.807) is 4.90 Å². The first kappa shape index (κ1) is 10.5. The van der Waals surface area contributed by atoms with E-state index in [0.717, 1.165) is 13.1 Å². The number of ether oxygens (including phenoxy) is 1. The van der Waals surface area contributed by atoms with Crippen molar-refractivity contribution in [2.75, 3.05) is 32.8 Å². The van der Waals surface area contributed by atoms with E-state index < -0.39 is 0 Å². The standard InChI is InChI=1S/C12H17N3O3/c16-9-13-12(8-18-9)6-15(7-12)10(17)14-4-11(5-14)2-1-3-11/h1-8H2,(H,13,16). The molecule has 0 atom stereocenters. The van der Waals surface area contributed by atoms with Gasteiger partial charge in [-0.05, 0) is 12.8 Å². The summed E-state index contributed by atoms with van der Waals surface area (Å²) in [6, 6.07) is 0.124. The van der Waals surface area contributed by atoms with Gasteiger partial charge >= 0.3 is 12.1 Å². The van der Waals surface area contributed by atoms with E-state index in [2.05, 4.69) is 5.32 Å². The molecule has 1 aliphatic carbocycles. The van der Waals surface area contributed by atoms with Crippen molar-refractivity contribution >= 4 is 12.1 Å². The van der Waals surface area contributed by atoms with Gasteiger partial charge in [-0.15, -0.1) is 0 Å². The maximum absolute atomic E-state index is 12.2. The molecule has 3 heterocycles. The Bertz CT molecular complexity index is 418. The van der Waals surface area contributed by atoms with Crippen molar-refractivity contribution < 1.29 is 14.3 Å². The lowest BCUT2D eigenvalue weighted by Gasteiger charge is -2.58. The summed E-state index contributed by atoms with van der Waals surface area (Å²) in [5.41, 5.74) is 0.175. The van der Waals surface area contributed by atoms with Crippen LogP contribution in [0.4, 0.5) is 9.59 Å². The zero-order valence-electron chi connectivity index (χ0n) is 10.3. The summed E-state index contributed by atoms with van der Waals surface area (Å²) in [5, 5.41) is 2.79. The Balaban J connectivity index is 1.31. The normalized spacial score (nSPS) is 30.3. The van der Waals surface area contributed by atoms with Crippen LogP contribution < -0.4 is 5.32 Å². The molecule has 0 aromatic heterocycles. The Hall–Kier alpha value is -1.46. The average Bonchev–Trinajstić information content (AvgIpc) is 2.53. The first-order valence-electron chi connectivity index (χ1n) is 6.59. The van der Waals surface area contributed by atoms with Gasteiger partial charge in [-0.25, -0.2) is 9.59 Å². The van der Waals surface area contributed by atoms with Crippen molar-refractivity contribution in [3.05, 3.63) is 0 Å². The molecule has 3 aliphatic heterocycles. The third-order valence-corrected chi connectivity index (χ3v) is 4.84. The summed E-state index contributed by atoms with van der Waals surface area (Å²) >= 11 is 0. The molecule has 2 spiro atoms. The van der Waals surface area contributed by atoms with Crippen LogP contribution in [0.2, 0.25) is 0 Å². The van der Waals surface area contributed by atoms with Crippen molar-refractivity contribution in [2.45, 2.75) is 24.8 Å². The van der Waals surface area contributed by atoms with Gasteiger partial charge in [-0.3, -0.25) is 0 Å². The van der Waals surface area contributed by atoms with E-state index in [9.17, 15) is 9.59 Å². The molecule has 0 bridgehead atoms. The lowest BCUT2D eigenvalue weighted by Crippen LogP contribution is -2.74. The van der Waals surface area contributed by atoms with E-state index in [-0.39, 0.29) is 17.7 Å². The first-order valence-corrected chi connectivity index (χ1v) is 6.59. The van der Waals surface area contributed by atoms with Gasteiger partial charge in [0.2, 0.25) is 0 Å². The predicted octanol–water partition coefficient (Wildman–Crippen LogP) is 0.386.